The number of aromatic nitrogens is 1. The van der Waals surface area contributed by atoms with Crippen LogP contribution in [0.25, 0.3) is 32.8 Å². The fourth-order valence-corrected chi connectivity index (χ4v) is 8.71. The van der Waals surface area contributed by atoms with Gasteiger partial charge in [-0.15, -0.1) is 0 Å². The van der Waals surface area contributed by atoms with Crippen molar-refractivity contribution < 1.29 is 30.0 Å². The maximum absolute atomic E-state index is 11.7. The summed E-state index contributed by atoms with van der Waals surface area (Å²) in [5, 5.41) is 16.0. The van der Waals surface area contributed by atoms with Gasteiger partial charge >= 0.3 is 171 Å². The van der Waals surface area contributed by atoms with Gasteiger partial charge in [0.1, 0.15) is 0 Å². The molecule has 0 aliphatic heterocycles. The number of hydrogen-bond donors (Lipinski definition) is 1. The number of ketones is 1. The fourth-order valence-electron chi connectivity index (χ4n) is 5.70. The Labute approximate surface area is 282 Å². The number of aliphatic hydroxyl groups excluding tert-OH is 1. The Morgan fingerprint density at radius 2 is 1.52 bits per heavy atom. The van der Waals surface area contributed by atoms with E-state index in [2.05, 4.69) is 91.8 Å². The maximum Gasteiger partial charge on any atom is 0.162 e. The van der Waals surface area contributed by atoms with Gasteiger partial charge in [0, 0.05) is 38.0 Å². The smallest absolute Gasteiger partial charge is 0.162 e. The molecule has 1 heterocycles. The number of nitrogens with zero attached hydrogens (tertiary/aromatic N) is 1. The van der Waals surface area contributed by atoms with Crippen LogP contribution in [0.2, 0.25) is 17.3 Å². The molecule has 0 atom stereocenters. The molecule has 0 saturated heterocycles. The average molecular weight is 832 g/mol. The molecule has 0 bridgehead atoms. The van der Waals surface area contributed by atoms with E-state index in [1.54, 1.807) is 0 Å². The van der Waals surface area contributed by atoms with Gasteiger partial charge in [-0.1, -0.05) is 27.7 Å². The number of fused-ring (bicyclic) bond motifs is 2. The molecule has 1 radical (unpaired) electrons. The number of carbonyl (C=O) groups excluding carboxylic acids is 1. The Morgan fingerprint density at radius 3 is 2.11 bits per heavy atom. The fraction of sp³-hybridized carbons (Fsp3) is 0.436. The minimum atomic E-state index is -1.76. The minimum absolute atomic E-state index is 0. The summed E-state index contributed by atoms with van der Waals surface area (Å²) < 4.78 is 0. The van der Waals surface area contributed by atoms with E-state index in [-0.39, 0.29) is 43.5 Å². The molecular weight excluding hydrogens is 779 g/mol. The quantitative estimate of drug-likeness (QED) is 0.0709. The van der Waals surface area contributed by atoms with Crippen molar-refractivity contribution in [2.75, 3.05) is 0 Å². The standard InChI is InChI=1S/C26H28GeN.C13H24O2.Ir/c1-18(2)19-10-11-25-21(14-19)12-13-28-26(25)22-15-20-8-6-7-9-24(20)23(16-22)17-27(3,4)5;1-5-10(6-2)12(14)9-13(15)11(7-3)8-4;/h6-14,16,18H,17H2,1-5H3;9-11,14H,5-8H2,1-4H3;/q-1;;/b;12-9-;. The first kappa shape index (κ1) is 37.9. The molecule has 239 valence electrons. The number of carbonyl (C=O) groups is 1. The first-order chi connectivity index (χ1) is 20.4. The topological polar surface area (TPSA) is 50.2 Å². The number of rotatable bonds is 11. The van der Waals surface area contributed by atoms with Crippen LogP contribution in [0.1, 0.15) is 84.3 Å². The van der Waals surface area contributed by atoms with Crippen LogP contribution in [0.15, 0.2) is 72.6 Å². The molecule has 0 spiro atoms. The van der Waals surface area contributed by atoms with Crippen molar-refractivity contribution in [3.05, 3.63) is 89.8 Å². The molecule has 3 aromatic carbocycles. The Hall–Kier alpha value is -2.27. The summed E-state index contributed by atoms with van der Waals surface area (Å²) in [6.45, 7) is 12.6. The van der Waals surface area contributed by atoms with Gasteiger partial charge in [0.05, 0.1) is 5.76 Å². The molecule has 0 saturated carbocycles. The SMILES string of the molecule is CC(C)c1ccc2c(-c3[c-]c4ccccc4c([CH2][Ge]([CH3])([CH3])[CH3])c3)nccc2c1.CCC(CC)C(=O)/C=C(\O)C(CC)CC.[Ir]. The molecule has 4 aromatic rings. The van der Waals surface area contributed by atoms with E-state index in [0.717, 1.165) is 36.9 Å². The van der Waals surface area contributed by atoms with Crippen LogP contribution < -0.4 is 0 Å². The zero-order valence-electron chi connectivity index (χ0n) is 28.3. The van der Waals surface area contributed by atoms with Gasteiger partial charge in [-0.05, 0) is 25.7 Å². The number of aliphatic hydroxyl groups is 1. The van der Waals surface area contributed by atoms with Crippen LogP contribution in [0, 0.1) is 17.9 Å². The summed E-state index contributed by atoms with van der Waals surface area (Å²) in [7, 11) is 0. The van der Waals surface area contributed by atoms with Crippen molar-refractivity contribution in [1.29, 1.82) is 0 Å². The van der Waals surface area contributed by atoms with Crippen molar-refractivity contribution in [2.24, 2.45) is 11.8 Å². The van der Waals surface area contributed by atoms with Crippen LogP contribution in [-0.4, -0.2) is 29.1 Å². The van der Waals surface area contributed by atoms with Gasteiger partial charge in [0.25, 0.3) is 0 Å². The summed E-state index contributed by atoms with van der Waals surface area (Å²) in [4.78, 5) is 16.5. The predicted molar refractivity (Wildman–Crippen MR) is 189 cm³/mol. The summed E-state index contributed by atoms with van der Waals surface area (Å²) in [6.07, 6.45) is 6.84. The normalized spacial score (nSPS) is 12.0. The molecule has 0 fully saturated rings. The second kappa shape index (κ2) is 17.4. The van der Waals surface area contributed by atoms with Gasteiger partial charge in [-0.25, -0.2) is 0 Å². The molecule has 0 amide bonds. The van der Waals surface area contributed by atoms with E-state index in [1.165, 1.54) is 44.0 Å². The van der Waals surface area contributed by atoms with Gasteiger partial charge in [0.2, 0.25) is 0 Å². The molecule has 3 nitrogen and oxygen atoms in total. The van der Waals surface area contributed by atoms with Crippen molar-refractivity contribution in [1.82, 2.24) is 4.98 Å². The zero-order chi connectivity index (χ0) is 31.7. The number of benzene rings is 3. The van der Waals surface area contributed by atoms with Crippen LogP contribution >= 0.6 is 0 Å². The largest absolute Gasteiger partial charge is 0.512 e. The molecule has 5 heteroatoms. The van der Waals surface area contributed by atoms with Gasteiger partial charge < -0.3 is 5.11 Å². The molecule has 1 aromatic heterocycles. The van der Waals surface area contributed by atoms with E-state index < -0.39 is 13.3 Å². The van der Waals surface area contributed by atoms with E-state index in [0.29, 0.717) is 5.92 Å². The van der Waals surface area contributed by atoms with Crippen molar-refractivity contribution >= 4 is 40.6 Å². The number of allylic oxidation sites excluding steroid dienone is 2. The molecule has 0 unspecified atom stereocenters. The molecule has 4 rings (SSSR count). The molecule has 0 aliphatic carbocycles. The Balaban J connectivity index is 0.000000363. The Bertz CT molecular complexity index is 1550. The third kappa shape index (κ3) is 10.1. The first-order valence-corrected chi connectivity index (χ1v) is 24.0. The molecular formula is C39H52GeIrNO2-. The van der Waals surface area contributed by atoms with E-state index in [4.69, 9.17) is 4.98 Å². The van der Waals surface area contributed by atoms with Crippen LogP contribution in [0.3, 0.4) is 0 Å². The average Bonchev–Trinajstić information content (AvgIpc) is 2.97. The Morgan fingerprint density at radius 1 is 0.886 bits per heavy atom. The molecule has 44 heavy (non-hydrogen) atoms. The summed E-state index contributed by atoms with van der Waals surface area (Å²) in [5.41, 5.74) is 4.98. The van der Waals surface area contributed by atoms with Crippen molar-refractivity contribution in [3.63, 3.8) is 0 Å². The van der Waals surface area contributed by atoms with Crippen LogP contribution in [0.4, 0.5) is 0 Å². The van der Waals surface area contributed by atoms with Gasteiger partial charge in [0.15, 0.2) is 5.78 Å². The summed E-state index contributed by atoms with van der Waals surface area (Å²) >= 11 is -1.76. The van der Waals surface area contributed by atoms with Gasteiger partial charge in [-0.3, -0.25) is 4.79 Å². The van der Waals surface area contributed by atoms with Gasteiger partial charge in [-0.2, -0.15) is 0 Å². The third-order valence-electron chi connectivity index (χ3n) is 8.37. The summed E-state index contributed by atoms with van der Waals surface area (Å²) in [5.74, 6) is 8.52. The number of pyridine rings is 1. The molecule has 0 aliphatic rings. The van der Waals surface area contributed by atoms with Crippen molar-refractivity contribution in [2.45, 2.75) is 95.7 Å². The van der Waals surface area contributed by atoms with Crippen LogP contribution in [0.5, 0.6) is 0 Å². The number of hydrogen-bond acceptors (Lipinski definition) is 3. The second-order valence-corrected chi connectivity index (χ2v) is 24.8. The van der Waals surface area contributed by atoms with E-state index in [9.17, 15) is 9.90 Å². The first-order valence-electron chi connectivity index (χ1n) is 16.2. The second-order valence-electron chi connectivity index (χ2n) is 13.3. The monoisotopic (exact) mass is 833 g/mol. The third-order valence-corrected chi connectivity index (χ3v) is 11.4. The van der Waals surface area contributed by atoms with E-state index >= 15 is 0 Å². The molecule has 1 N–H and O–H groups in total. The van der Waals surface area contributed by atoms with Crippen molar-refractivity contribution in [3.8, 4) is 11.3 Å². The van der Waals surface area contributed by atoms with E-state index in [1.807, 2.05) is 33.9 Å². The maximum atomic E-state index is 11.7. The Kier molecular flexibility index (Phi) is 15.0. The van der Waals surface area contributed by atoms with Crippen LogP contribution in [-0.2, 0) is 30.2 Å². The minimum Gasteiger partial charge on any atom is -0.512 e. The predicted octanol–water partition coefficient (Wildman–Crippen LogP) is 11.3. The zero-order valence-corrected chi connectivity index (χ0v) is 32.7. The summed E-state index contributed by atoms with van der Waals surface area (Å²) in [6, 6.07) is 23.6.